The molecule has 1 fully saturated rings. The number of amides is 2. The minimum atomic E-state index is -3.97. The van der Waals surface area contributed by atoms with E-state index in [-0.39, 0.29) is 23.3 Å². The van der Waals surface area contributed by atoms with E-state index in [1.165, 1.54) is 11.0 Å². The molecule has 0 unspecified atom stereocenters. The Bertz CT molecular complexity index is 623. The van der Waals surface area contributed by atoms with Gasteiger partial charge in [0, 0.05) is 23.8 Å². The molecule has 1 heterocycles. The zero-order valence-corrected chi connectivity index (χ0v) is 11.9. The van der Waals surface area contributed by atoms with Gasteiger partial charge in [0.05, 0.1) is 11.4 Å². The van der Waals surface area contributed by atoms with Crippen molar-refractivity contribution >= 4 is 25.8 Å². The number of nitrogens with zero attached hydrogens (tertiary/aromatic N) is 1. The van der Waals surface area contributed by atoms with Gasteiger partial charge in [-0.2, -0.15) is 0 Å². The van der Waals surface area contributed by atoms with Crippen LogP contribution in [0.5, 0.6) is 5.75 Å². The van der Waals surface area contributed by atoms with E-state index >= 15 is 0 Å². The number of hydrogen-bond donors (Lipinski definition) is 1. The monoisotopic (exact) mass is 322 g/mol. The average molecular weight is 323 g/mol. The predicted octanol–water partition coefficient (Wildman–Crippen LogP) is 1.16. The Morgan fingerprint density at radius 3 is 2.75 bits per heavy atom. The number of nitrogens with one attached hydrogen (secondary N) is 1. The van der Waals surface area contributed by atoms with Gasteiger partial charge in [-0.05, 0) is 18.2 Å². The SMILES string of the molecule is O=C1NCCN1CCOc1ccc(S(=O)(=O)Cl)cc1F. The van der Waals surface area contributed by atoms with Gasteiger partial charge in [-0.25, -0.2) is 17.6 Å². The third-order valence-corrected chi connectivity index (χ3v) is 4.10. The van der Waals surface area contributed by atoms with E-state index in [4.69, 9.17) is 15.4 Å². The number of hydrogen-bond acceptors (Lipinski definition) is 4. The number of carbonyl (C=O) groups excluding carboxylic acids is 1. The summed E-state index contributed by atoms with van der Waals surface area (Å²) >= 11 is 0. The van der Waals surface area contributed by atoms with E-state index in [1.54, 1.807) is 0 Å². The first-order chi connectivity index (χ1) is 9.38. The maximum atomic E-state index is 13.6. The summed E-state index contributed by atoms with van der Waals surface area (Å²) in [7, 11) is 1.14. The normalized spacial score (nSPS) is 15.3. The third-order valence-electron chi connectivity index (χ3n) is 2.75. The Balaban J connectivity index is 1.95. The quantitative estimate of drug-likeness (QED) is 0.825. The van der Waals surface area contributed by atoms with Gasteiger partial charge in [0.1, 0.15) is 6.61 Å². The summed E-state index contributed by atoms with van der Waals surface area (Å²) in [5.41, 5.74) is 0. The fraction of sp³-hybridized carbons (Fsp3) is 0.364. The summed E-state index contributed by atoms with van der Waals surface area (Å²) in [5, 5.41) is 2.63. The van der Waals surface area contributed by atoms with Crippen molar-refractivity contribution in [3.05, 3.63) is 24.0 Å². The van der Waals surface area contributed by atoms with Gasteiger partial charge < -0.3 is 15.0 Å². The molecule has 1 aromatic carbocycles. The highest BCUT2D eigenvalue weighted by molar-refractivity contribution is 8.13. The Hall–Kier alpha value is -1.54. The van der Waals surface area contributed by atoms with Crippen LogP contribution in [0.4, 0.5) is 9.18 Å². The highest BCUT2D eigenvalue weighted by atomic mass is 35.7. The van der Waals surface area contributed by atoms with E-state index in [2.05, 4.69) is 5.32 Å². The molecule has 0 spiro atoms. The fourth-order valence-electron chi connectivity index (χ4n) is 1.74. The Morgan fingerprint density at radius 2 is 2.20 bits per heavy atom. The molecule has 1 saturated heterocycles. The van der Waals surface area contributed by atoms with Crippen molar-refractivity contribution < 1.29 is 22.3 Å². The molecule has 0 bridgehead atoms. The molecule has 1 N–H and O–H groups in total. The Labute approximate surface area is 119 Å². The van der Waals surface area contributed by atoms with Crippen LogP contribution in [-0.4, -0.2) is 45.6 Å². The minimum Gasteiger partial charge on any atom is -0.489 e. The third kappa shape index (κ3) is 3.51. The van der Waals surface area contributed by atoms with Crippen LogP contribution in [0.1, 0.15) is 0 Å². The van der Waals surface area contributed by atoms with Crippen LogP contribution in [0.25, 0.3) is 0 Å². The number of halogens is 2. The largest absolute Gasteiger partial charge is 0.489 e. The summed E-state index contributed by atoms with van der Waals surface area (Å²) in [4.78, 5) is 12.4. The topological polar surface area (TPSA) is 75.7 Å². The molecule has 110 valence electrons. The molecule has 1 aliphatic rings. The first-order valence-electron chi connectivity index (χ1n) is 5.78. The molecule has 0 radical (unpaired) electrons. The van der Waals surface area contributed by atoms with Crippen molar-refractivity contribution in [1.82, 2.24) is 10.2 Å². The number of rotatable bonds is 5. The zero-order valence-electron chi connectivity index (χ0n) is 10.3. The van der Waals surface area contributed by atoms with Gasteiger partial charge in [-0.1, -0.05) is 0 Å². The second kappa shape index (κ2) is 5.84. The fourth-order valence-corrected chi connectivity index (χ4v) is 2.50. The Morgan fingerprint density at radius 1 is 1.45 bits per heavy atom. The lowest BCUT2D eigenvalue weighted by molar-refractivity contribution is 0.201. The summed E-state index contributed by atoms with van der Waals surface area (Å²) in [6, 6.07) is 2.95. The smallest absolute Gasteiger partial charge is 0.317 e. The van der Waals surface area contributed by atoms with Crippen LogP contribution >= 0.6 is 10.7 Å². The van der Waals surface area contributed by atoms with Crippen molar-refractivity contribution in [2.45, 2.75) is 4.90 Å². The van der Waals surface area contributed by atoms with Crippen molar-refractivity contribution in [2.24, 2.45) is 0 Å². The average Bonchev–Trinajstić information content (AvgIpc) is 2.76. The van der Waals surface area contributed by atoms with E-state index < -0.39 is 14.9 Å². The lowest BCUT2D eigenvalue weighted by Crippen LogP contribution is -2.31. The standard InChI is InChI=1S/C11H12ClFN2O4S/c12-20(17,18)8-1-2-10(9(13)7-8)19-6-5-15-4-3-14-11(15)16/h1-2,7H,3-6H2,(H,14,16). The maximum absolute atomic E-state index is 13.6. The van der Waals surface area contributed by atoms with Crippen molar-refractivity contribution in [1.29, 1.82) is 0 Å². The van der Waals surface area contributed by atoms with Crippen LogP contribution in [0, 0.1) is 5.82 Å². The molecule has 6 nitrogen and oxygen atoms in total. The molecular formula is C11H12ClFN2O4S. The van der Waals surface area contributed by atoms with E-state index in [0.717, 1.165) is 12.1 Å². The van der Waals surface area contributed by atoms with Gasteiger partial charge in [0.2, 0.25) is 0 Å². The second-order valence-corrected chi connectivity index (χ2v) is 6.66. The van der Waals surface area contributed by atoms with Crippen LogP contribution in [0.2, 0.25) is 0 Å². The van der Waals surface area contributed by atoms with Gasteiger partial charge in [-0.3, -0.25) is 0 Å². The number of urea groups is 1. The van der Waals surface area contributed by atoms with Gasteiger partial charge in [-0.15, -0.1) is 0 Å². The lowest BCUT2D eigenvalue weighted by atomic mass is 10.3. The summed E-state index contributed by atoms with van der Waals surface area (Å²) in [6.45, 7) is 1.59. The second-order valence-electron chi connectivity index (χ2n) is 4.10. The Kier molecular flexibility index (Phi) is 4.34. The molecule has 1 aliphatic heterocycles. The molecule has 0 aliphatic carbocycles. The van der Waals surface area contributed by atoms with E-state index in [1.807, 2.05) is 0 Å². The predicted molar refractivity (Wildman–Crippen MR) is 69.9 cm³/mol. The van der Waals surface area contributed by atoms with Crippen LogP contribution < -0.4 is 10.1 Å². The highest BCUT2D eigenvalue weighted by Gasteiger charge is 2.19. The van der Waals surface area contributed by atoms with E-state index in [9.17, 15) is 17.6 Å². The molecule has 9 heteroatoms. The number of ether oxygens (including phenoxy) is 1. The maximum Gasteiger partial charge on any atom is 0.317 e. The molecule has 2 rings (SSSR count). The van der Waals surface area contributed by atoms with Crippen molar-refractivity contribution in [2.75, 3.05) is 26.2 Å². The van der Waals surface area contributed by atoms with Crippen LogP contribution in [0.3, 0.4) is 0 Å². The van der Waals surface area contributed by atoms with E-state index in [0.29, 0.717) is 19.6 Å². The van der Waals surface area contributed by atoms with Crippen molar-refractivity contribution in [3.8, 4) is 5.75 Å². The van der Waals surface area contributed by atoms with Gasteiger partial charge in [0.25, 0.3) is 9.05 Å². The summed E-state index contributed by atoms with van der Waals surface area (Å²) < 4.78 is 40.9. The number of benzene rings is 1. The molecule has 0 saturated carbocycles. The summed E-state index contributed by atoms with van der Waals surface area (Å²) in [6.07, 6.45) is 0. The van der Waals surface area contributed by atoms with Crippen LogP contribution in [-0.2, 0) is 9.05 Å². The zero-order chi connectivity index (χ0) is 14.8. The minimum absolute atomic E-state index is 0.0892. The summed E-state index contributed by atoms with van der Waals surface area (Å²) in [5.74, 6) is -0.911. The van der Waals surface area contributed by atoms with Gasteiger partial charge in [0.15, 0.2) is 11.6 Å². The first-order valence-corrected chi connectivity index (χ1v) is 8.08. The highest BCUT2D eigenvalue weighted by Crippen LogP contribution is 2.23. The lowest BCUT2D eigenvalue weighted by Gasteiger charge is -2.14. The molecule has 20 heavy (non-hydrogen) atoms. The first kappa shape index (κ1) is 14.9. The van der Waals surface area contributed by atoms with Crippen molar-refractivity contribution in [3.63, 3.8) is 0 Å². The molecule has 2 amide bonds. The van der Waals surface area contributed by atoms with Gasteiger partial charge >= 0.3 is 6.03 Å². The molecular weight excluding hydrogens is 311 g/mol. The number of carbonyl (C=O) groups is 1. The van der Waals surface area contributed by atoms with Crippen LogP contribution in [0.15, 0.2) is 23.1 Å². The molecule has 0 atom stereocenters. The molecule has 1 aromatic rings. The molecule has 0 aromatic heterocycles.